The van der Waals surface area contributed by atoms with Crippen molar-refractivity contribution in [2.45, 2.75) is 32.7 Å². The molecule has 1 aliphatic rings. The number of nitrogens with zero attached hydrogens (tertiary/aromatic N) is 1. The van der Waals surface area contributed by atoms with Gasteiger partial charge in [-0.15, -0.1) is 11.3 Å². The molecule has 0 radical (unpaired) electrons. The van der Waals surface area contributed by atoms with E-state index in [0.717, 1.165) is 16.1 Å². The van der Waals surface area contributed by atoms with Crippen molar-refractivity contribution in [3.8, 4) is 5.75 Å². The topological polar surface area (TPSA) is 63.7 Å². The molecular formula is C25H23NO4S. The quantitative estimate of drug-likeness (QED) is 0.309. The van der Waals surface area contributed by atoms with Crippen molar-refractivity contribution in [1.82, 2.24) is 0 Å². The lowest BCUT2D eigenvalue weighted by Crippen LogP contribution is -2.46. The number of carbonyl (C=O) groups is 3. The molecule has 2 aromatic carbocycles. The lowest BCUT2D eigenvalue weighted by Gasteiger charge is -2.39. The van der Waals surface area contributed by atoms with Crippen LogP contribution in [0.3, 0.4) is 0 Å². The Morgan fingerprint density at radius 3 is 2.35 bits per heavy atom. The van der Waals surface area contributed by atoms with Gasteiger partial charge >= 0.3 is 5.97 Å². The number of aryl methyl sites for hydroxylation is 1. The Bertz CT molecular complexity index is 1090. The summed E-state index contributed by atoms with van der Waals surface area (Å²) in [6, 6.07) is 17.8. The first-order chi connectivity index (χ1) is 14.9. The van der Waals surface area contributed by atoms with E-state index in [9.17, 15) is 14.4 Å². The summed E-state index contributed by atoms with van der Waals surface area (Å²) in [4.78, 5) is 40.3. The monoisotopic (exact) mass is 433 g/mol. The SMILES string of the molecule is CC(=O)c1ccc(OC(=O)[C@@H]2CCC(=O)N(c3ccc(C)cc3)[C@H]2c2cccs2)cc1. The van der Waals surface area contributed by atoms with E-state index >= 15 is 0 Å². The number of carbonyl (C=O) groups excluding carboxylic acids is 3. The highest BCUT2D eigenvalue weighted by Crippen LogP contribution is 2.42. The maximum absolute atomic E-state index is 13.2. The van der Waals surface area contributed by atoms with E-state index < -0.39 is 12.0 Å². The van der Waals surface area contributed by atoms with Crippen LogP contribution in [0.4, 0.5) is 5.69 Å². The van der Waals surface area contributed by atoms with Gasteiger partial charge in [-0.25, -0.2) is 0 Å². The molecule has 31 heavy (non-hydrogen) atoms. The molecule has 5 nitrogen and oxygen atoms in total. The highest BCUT2D eigenvalue weighted by Gasteiger charge is 2.43. The number of rotatable bonds is 5. The second-order valence-electron chi connectivity index (χ2n) is 7.71. The zero-order valence-electron chi connectivity index (χ0n) is 17.4. The number of thiophene rings is 1. The molecule has 0 bridgehead atoms. The molecule has 2 heterocycles. The van der Waals surface area contributed by atoms with Crippen LogP contribution in [0, 0.1) is 12.8 Å². The Hall–Kier alpha value is -3.25. The third-order valence-electron chi connectivity index (χ3n) is 5.53. The van der Waals surface area contributed by atoms with Gasteiger partial charge in [0, 0.05) is 22.5 Å². The number of amides is 1. The summed E-state index contributed by atoms with van der Waals surface area (Å²) in [6.45, 7) is 3.49. The second-order valence-corrected chi connectivity index (χ2v) is 8.69. The van der Waals surface area contributed by atoms with E-state index in [2.05, 4.69) is 0 Å². The van der Waals surface area contributed by atoms with Crippen molar-refractivity contribution < 1.29 is 19.1 Å². The number of anilines is 1. The van der Waals surface area contributed by atoms with E-state index in [-0.39, 0.29) is 24.1 Å². The van der Waals surface area contributed by atoms with Crippen molar-refractivity contribution in [2.24, 2.45) is 5.92 Å². The van der Waals surface area contributed by atoms with Crippen molar-refractivity contribution in [2.75, 3.05) is 4.90 Å². The third kappa shape index (κ3) is 4.44. The zero-order chi connectivity index (χ0) is 22.0. The molecule has 3 aromatic rings. The molecule has 0 N–H and O–H groups in total. The first-order valence-corrected chi connectivity index (χ1v) is 11.1. The predicted molar refractivity (Wildman–Crippen MR) is 121 cm³/mol. The predicted octanol–water partition coefficient (Wildman–Crippen LogP) is 5.35. The first kappa shape index (κ1) is 21.0. The van der Waals surface area contributed by atoms with Crippen LogP contribution in [0.1, 0.15) is 46.6 Å². The van der Waals surface area contributed by atoms with Gasteiger partial charge in [-0.05, 0) is 68.1 Å². The van der Waals surface area contributed by atoms with Crippen LogP contribution in [0.25, 0.3) is 0 Å². The van der Waals surface area contributed by atoms with Crippen molar-refractivity contribution >= 4 is 34.7 Å². The van der Waals surface area contributed by atoms with Gasteiger partial charge in [0.2, 0.25) is 5.91 Å². The highest BCUT2D eigenvalue weighted by atomic mass is 32.1. The summed E-state index contributed by atoms with van der Waals surface area (Å²) in [5.74, 6) is -0.533. The fourth-order valence-electron chi connectivity index (χ4n) is 3.88. The Morgan fingerprint density at radius 2 is 1.74 bits per heavy atom. The fraction of sp³-hybridized carbons (Fsp3) is 0.240. The molecule has 1 saturated heterocycles. The van der Waals surface area contributed by atoms with E-state index in [0.29, 0.717) is 17.7 Å². The van der Waals surface area contributed by atoms with Gasteiger partial charge in [0.25, 0.3) is 0 Å². The van der Waals surface area contributed by atoms with Gasteiger partial charge in [-0.2, -0.15) is 0 Å². The molecule has 158 valence electrons. The van der Waals surface area contributed by atoms with Crippen LogP contribution >= 0.6 is 11.3 Å². The summed E-state index contributed by atoms with van der Waals surface area (Å²) < 4.78 is 5.67. The van der Waals surface area contributed by atoms with Gasteiger partial charge in [-0.3, -0.25) is 14.4 Å². The van der Waals surface area contributed by atoms with E-state index in [1.165, 1.54) is 18.3 Å². The van der Waals surface area contributed by atoms with Crippen LogP contribution in [0.5, 0.6) is 5.75 Å². The maximum atomic E-state index is 13.2. The molecule has 0 spiro atoms. The summed E-state index contributed by atoms with van der Waals surface area (Å²) in [6.07, 6.45) is 0.701. The summed E-state index contributed by atoms with van der Waals surface area (Å²) >= 11 is 1.53. The molecular weight excluding hydrogens is 410 g/mol. The molecule has 1 aromatic heterocycles. The minimum Gasteiger partial charge on any atom is -0.426 e. The zero-order valence-corrected chi connectivity index (χ0v) is 18.2. The Kier molecular flexibility index (Phi) is 6.00. The number of benzene rings is 2. The Balaban J connectivity index is 1.65. The van der Waals surface area contributed by atoms with Crippen LogP contribution < -0.4 is 9.64 Å². The maximum Gasteiger partial charge on any atom is 0.316 e. The molecule has 0 saturated carbocycles. The number of ether oxygens (including phenoxy) is 1. The largest absolute Gasteiger partial charge is 0.426 e. The van der Waals surface area contributed by atoms with Crippen molar-refractivity contribution in [1.29, 1.82) is 0 Å². The highest BCUT2D eigenvalue weighted by molar-refractivity contribution is 7.10. The van der Waals surface area contributed by atoms with Gasteiger partial charge in [0.1, 0.15) is 5.75 Å². The number of hydrogen-bond donors (Lipinski definition) is 0. The number of piperidine rings is 1. The Labute approximate surface area is 185 Å². The van der Waals surface area contributed by atoms with Gasteiger partial charge in [0.15, 0.2) is 5.78 Å². The average Bonchev–Trinajstić information content (AvgIpc) is 3.29. The summed E-state index contributed by atoms with van der Waals surface area (Å²) in [5, 5.41) is 1.95. The molecule has 0 aliphatic carbocycles. The molecule has 2 atom stereocenters. The fourth-order valence-corrected chi connectivity index (χ4v) is 4.76. The number of ketones is 1. The molecule has 6 heteroatoms. The van der Waals surface area contributed by atoms with Crippen LogP contribution in [-0.4, -0.2) is 17.7 Å². The molecule has 1 aliphatic heterocycles. The number of Topliss-reactive ketones (excluding diaryl/α,β-unsaturated/α-hetero) is 1. The van der Waals surface area contributed by atoms with Crippen LogP contribution in [0.15, 0.2) is 66.0 Å². The van der Waals surface area contributed by atoms with Gasteiger partial charge < -0.3 is 9.64 Å². The van der Waals surface area contributed by atoms with Crippen LogP contribution in [0.2, 0.25) is 0 Å². The average molecular weight is 434 g/mol. The smallest absolute Gasteiger partial charge is 0.316 e. The molecule has 4 rings (SSSR count). The minimum absolute atomic E-state index is 0.00267. The van der Waals surface area contributed by atoms with E-state index in [4.69, 9.17) is 4.74 Å². The summed E-state index contributed by atoms with van der Waals surface area (Å²) in [7, 11) is 0. The van der Waals surface area contributed by atoms with Gasteiger partial charge in [-0.1, -0.05) is 23.8 Å². The molecule has 0 unspecified atom stereocenters. The lowest BCUT2D eigenvalue weighted by molar-refractivity contribution is -0.141. The van der Waals surface area contributed by atoms with Crippen LogP contribution in [-0.2, 0) is 9.59 Å². The number of esters is 1. The first-order valence-electron chi connectivity index (χ1n) is 10.2. The molecule has 1 fully saturated rings. The minimum atomic E-state index is -0.495. The standard InChI is InChI=1S/C25H23NO4S/c1-16-5-9-19(10-6-16)26-23(28)14-13-21(24(26)22-4-3-15-31-22)25(29)30-20-11-7-18(8-12-20)17(2)27/h3-12,15,21,24H,13-14H2,1-2H3/t21-,24-/m1/s1. The summed E-state index contributed by atoms with van der Waals surface area (Å²) in [5.41, 5.74) is 2.44. The van der Waals surface area contributed by atoms with Crippen molar-refractivity contribution in [3.63, 3.8) is 0 Å². The van der Waals surface area contributed by atoms with Crippen molar-refractivity contribution in [3.05, 3.63) is 82.0 Å². The van der Waals surface area contributed by atoms with Gasteiger partial charge in [0.05, 0.1) is 12.0 Å². The number of hydrogen-bond acceptors (Lipinski definition) is 5. The van der Waals surface area contributed by atoms with E-state index in [1.807, 2.05) is 48.7 Å². The van der Waals surface area contributed by atoms with E-state index in [1.54, 1.807) is 29.2 Å². The normalized spacial score (nSPS) is 18.6. The Morgan fingerprint density at radius 1 is 1.03 bits per heavy atom. The third-order valence-corrected chi connectivity index (χ3v) is 6.47. The second kappa shape index (κ2) is 8.86. The lowest BCUT2D eigenvalue weighted by atomic mass is 9.87. The molecule has 1 amide bonds.